The van der Waals surface area contributed by atoms with Crippen LogP contribution in [0.2, 0.25) is 0 Å². The van der Waals surface area contributed by atoms with Crippen molar-refractivity contribution in [2.24, 2.45) is 0 Å². The third-order valence-corrected chi connectivity index (χ3v) is 3.64. The first kappa shape index (κ1) is 14.5. The van der Waals surface area contributed by atoms with Gasteiger partial charge in [-0.05, 0) is 44.8 Å². The lowest BCUT2D eigenvalue weighted by molar-refractivity contribution is -0.142. The normalized spacial score (nSPS) is 10.7. The summed E-state index contributed by atoms with van der Waals surface area (Å²) < 4.78 is 31.0. The lowest BCUT2D eigenvalue weighted by Gasteiger charge is -2.09. The molecule has 0 saturated carbocycles. The Hall–Kier alpha value is -0.560. The molecule has 3 nitrogen and oxygen atoms in total. The molecule has 94 valence electrons. The summed E-state index contributed by atoms with van der Waals surface area (Å²) in [4.78, 5) is 15.2. The SMILES string of the molecule is CCOC(=O)Cc1nc(Br)c(Br)cc1C(F)F. The van der Waals surface area contributed by atoms with Gasteiger partial charge < -0.3 is 4.74 Å². The number of esters is 1. The summed E-state index contributed by atoms with van der Waals surface area (Å²) in [6.07, 6.45) is -2.95. The number of nitrogens with zero attached hydrogens (tertiary/aromatic N) is 1. The minimum Gasteiger partial charge on any atom is -0.466 e. The minimum absolute atomic E-state index is 0.0218. The van der Waals surface area contributed by atoms with Crippen LogP contribution in [0.5, 0.6) is 0 Å². The highest BCUT2D eigenvalue weighted by molar-refractivity contribution is 9.13. The predicted molar refractivity (Wildman–Crippen MR) is 64.9 cm³/mol. The molecular formula is C10H9Br2F2NO2. The number of aromatic nitrogens is 1. The number of pyridine rings is 1. The Morgan fingerprint density at radius 3 is 2.71 bits per heavy atom. The Labute approximate surface area is 114 Å². The second kappa shape index (κ2) is 6.39. The molecule has 0 radical (unpaired) electrons. The molecule has 0 atom stereocenters. The van der Waals surface area contributed by atoms with E-state index in [4.69, 9.17) is 4.74 Å². The smallest absolute Gasteiger partial charge is 0.311 e. The third-order valence-electron chi connectivity index (χ3n) is 1.90. The molecule has 1 aromatic rings. The molecule has 0 aliphatic heterocycles. The van der Waals surface area contributed by atoms with Crippen LogP contribution >= 0.6 is 31.9 Å². The Balaban J connectivity index is 3.04. The maximum atomic E-state index is 12.7. The Morgan fingerprint density at radius 1 is 1.53 bits per heavy atom. The second-order valence-electron chi connectivity index (χ2n) is 3.08. The number of carbonyl (C=O) groups is 1. The zero-order chi connectivity index (χ0) is 13.0. The Kier molecular flexibility index (Phi) is 5.45. The van der Waals surface area contributed by atoms with Gasteiger partial charge in [-0.2, -0.15) is 0 Å². The van der Waals surface area contributed by atoms with Crippen molar-refractivity contribution in [3.05, 3.63) is 26.4 Å². The molecular weight excluding hydrogens is 364 g/mol. The number of alkyl halides is 2. The van der Waals surface area contributed by atoms with Gasteiger partial charge in [-0.15, -0.1) is 0 Å². The van der Waals surface area contributed by atoms with Crippen molar-refractivity contribution in [1.29, 1.82) is 0 Å². The van der Waals surface area contributed by atoms with E-state index in [0.717, 1.165) is 0 Å². The Bertz CT molecular complexity index is 427. The largest absolute Gasteiger partial charge is 0.466 e. The number of rotatable bonds is 4. The van der Waals surface area contributed by atoms with Gasteiger partial charge in [0.15, 0.2) is 0 Å². The minimum atomic E-state index is -2.68. The summed E-state index contributed by atoms with van der Waals surface area (Å²) >= 11 is 6.19. The molecule has 1 rings (SSSR count). The molecule has 1 heterocycles. The Morgan fingerprint density at radius 2 is 2.18 bits per heavy atom. The van der Waals surface area contributed by atoms with E-state index >= 15 is 0 Å². The summed E-state index contributed by atoms with van der Waals surface area (Å²) in [6.45, 7) is 1.86. The summed E-state index contributed by atoms with van der Waals surface area (Å²) in [5.74, 6) is -0.573. The van der Waals surface area contributed by atoms with Crippen LogP contribution in [0.3, 0.4) is 0 Å². The third kappa shape index (κ3) is 3.99. The quantitative estimate of drug-likeness (QED) is 0.598. The molecule has 0 unspecified atom stereocenters. The average Bonchev–Trinajstić information content (AvgIpc) is 2.23. The summed E-state index contributed by atoms with van der Waals surface area (Å²) in [6, 6.07) is 1.25. The van der Waals surface area contributed by atoms with Gasteiger partial charge >= 0.3 is 5.97 Å². The van der Waals surface area contributed by atoms with Crippen molar-refractivity contribution in [2.45, 2.75) is 19.8 Å². The molecule has 0 fully saturated rings. The van der Waals surface area contributed by atoms with Crippen LogP contribution in [0.25, 0.3) is 0 Å². The molecule has 0 saturated heterocycles. The highest BCUT2D eigenvalue weighted by Gasteiger charge is 2.19. The average molecular weight is 373 g/mol. The van der Waals surface area contributed by atoms with Crippen LogP contribution in [-0.4, -0.2) is 17.6 Å². The molecule has 0 N–H and O–H groups in total. The van der Waals surface area contributed by atoms with Crippen molar-refractivity contribution in [1.82, 2.24) is 4.98 Å². The van der Waals surface area contributed by atoms with E-state index in [1.807, 2.05) is 0 Å². The molecule has 0 aliphatic rings. The fourth-order valence-electron chi connectivity index (χ4n) is 1.20. The van der Waals surface area contributed by atoms with Crippen LogP contribution in [0, 0.1) is 0 Å². The zero-order valence-electron chi connectivity index (χ0n) is 8.84. The maximum Gasteiger partial charge on any atom is 0.311 e. The van der Waals surface area contributed by atoms with Crippen molar-refractivity contribution in [3.8, 4) is 0 Å². The molecule has 0 aromatic carbocycles. The van der Waals surface area contributed by atoms with Crippen molar-refractivity contribution in [3.63, 3.8) is 0 Å². The molecule has 1 aromatic heterocycles. The molecule has 0 spiro atoms. The lowest BCUT2D eigenvalue weighted by atomic mass is 10.1. The highest BCUT2D eigenvalue weighted by atomic mass is 79.9. The second-order valence-corrected chi connectivity index (χ2v) is 4.68. The van der Waals surface area contributed by atoms with Gasteiger partial charge in [0.25, 0.3) is 6.43 Å². The van der Waals surface area contributed by atoms with Crippen LogP contribution in [-0.2, 0) is 16.0 Å². The first-order valence-electron chi connectivity index (χ1n) is 4.74. The fraction of sp³-hybridized carbons (Fsp3) is 0.400. The van der Waals surface area contributed by atoms with Gasteiger partial charge in [-0.3, -0.25) is 4.79 Å². The van der Waals surface area contributed by atoms with E-state index in [1.165, 1.54) is 6.07 Å². The van der Waals surface area contributed by atoms with E-state index in [-0.39, 0.29) is 24.3 Å². The number of hydrogen-bond acceptors (Lipinski definition) is 3. The van der Waals surface area contributed by atoms with Crippen LogP contribution in [0.4, 0.5) is 8.78 Å². The molecule has 17 heavy (non-hydrogen) atoms. The van der Waals surface area contributed by atoms with E-state index in [0.29, 0.717) is 9.08 Å². The summed E-state index contributed by atoms with van der Waals surface area (Å²) in [5, 5.41) is 0. The standard InChI is InChI=1S/C10H9Br2F2NO2/c1-2-17-8(16)4-7-5(10(13)14)3-6(11)9(12)15-7/h3,10H,2,4H2,1H3. The maximum absolute atomic E-state index is 12.7. The zero-order valence-corrected chi connectivity index (χ0v) is 12.0. The van der Waals surface area contributed by atoms with Crippen LogP contribution in [0.1, 0.15) is 24.6 Å². The van der Waals surface area contributed by atoms with Crippen LogP contribution < -0.4 is 0 Å². The van der Waals surface area contributed by atoms with Gasteiger partial charge in [0.05, 0.1) is 23.2 Å². The molecule has 0 aliphatic carbocycles. The summed E-state index contributed by atoms with van der Waals surface area (Å²) in [7, 11) is 0. The lowest BCUT2D eigenvalue weighted by Crippen LogP contribution is -2.11. The number of halogens is 4. The van der Waals surface area contributed by atoms with Gasteiger partial charge in [-0.1, -0.05) is 0 Å². The number of ether oxygens (including phenoxy) is 1. The van der Waals surface area contributed by atoms with Gasteiger partial charge in [0, 0.05) is 5.56 Å². The first-order chi connectivity index (χ1) is 7.95. The number of carbonyl (C=O) groups excluding carboxylic acids is 1. The molecule has 7 heteroatoms. The van der Waals surface area contributed by atoms with Crippen LogP contribution in [0.15, 0.2) is 15.1 Å². The van der Waals surface area contributed by atoms with E-state index in [9.17, 15) is 13.6 Å². The van der Waals surface area contributed by atoms with Crippen molar-refractivity contribution >= 4 is 37.8 Å². The van der Waals surface area contributed by atoms with Gasteiger partial charge in [-0.25, -0.2) is 13.8 Å². The van der Waals surface area contributed by atoms with E-state index < -0.39 is 12.4 Å². The van der Waals surface area contributed by atoms with Crippen molar-refractivity contribution < 1.29 is 18.3 Å². The summed E-state index contributed by atoms with van der Waals surface area (Å²) in [5.41, 5.74) is -0.248. The van der Waals surface area contributed by atoms with Gasteiger partial charge in [0.1, 0.15) is 4.60 Å². The molecule has 0 amide bonds. The predicted octanol–water partition coefficient (Wildman–Crippen LogP) is 3.65. The highest BCUT2D eigenvalue weighted by Crippen LogP contribution is 2.29. The van der Waals surface area contributed by atoms with E-state index in [2.05, 4.69) is 36.8 Å². The molecule has 0 bridgehead atoms. The monoisotopic (exact) mass is 371 g/mol. The van der Waals surface area contributed by atoms with E-state index in [1.54, 1.807) is 6.92 Å². The van der Waals surface area contributed by atoms with Crippen molar-refractivity contribution in [2.75, 3.05) is 6.61 Å². The van der Waals surface area contributed by atoms with Gasteiger partial charge in [0.2, 0.25) is 0 Å². The number of hydrogen-bond donors (Lipinski definition) is 0. The topological polar surface area (TPSA) is 39.2 Å². The first-order valence-corrected chi connectivity index (χ1v) is 6.32. The fourth-order valence-corrected chi connectivity index (χ4v) is 1.86.